The fraction of sp³-hybridized carbons (Fsp3) is 0.588. The summed E-state index contributed by atoms with van der Waals surface area (Å²) in [7, 11) is 0. The summed E-state index contributed by atoms with van der Waals surface area (Å²) in [5, 5.41) is 0. The summed E-state index contributed by atoms with van der Waals surface area (Å²) in [6.07, 6.45) is 2.77. The number of benzene rings is 1. The Hall–Kier alpha value is -1.11. The summed E-state index contributed by atoms with van der Waals surface area (Å²) >= 11 is 0. The topological polar surface area (TPSA) is 17.1 Å². The van der Waals surface area contributed by atoms with E-state index in [4.69, 9.17) is 0 Å². The molecule has 18 heavy (non-hydrogen) atoms. The average Bonchev–Trinajstić information content (AvgIpc) is 2.91. The van der Waals surface area contributed by atoms with E-state index >= 15 is 0 Å². The molecule has 1 aromatic carbocycles. The van der Waals surface area contributed by atoms with Crippen molar-refractivity contribution < 1.29 is 4.79 Å². The lowest BCUT2D eigenvalue weighted by molar-refractivity contribution is 0.101. The summed E-state index contributed by atoms with van der Waals surface area (Å²) in [5.41, 5.74) is 2.29. The number of fused-ring (bicyclic) bond motifs is 2. The van der Waals surface area contributed by atoms with Crippen molar-refractivity contribution in [1.82, 2.24) is 0 Å². The van der Waals surface area contributed by atoms with Gasteiger partial charge in [-0.05, 0) is 54.9 Å². The fourth-order valence-electron chi connectivity index (χ4n) is 4.29. The Bertz CT molecular complexity index is 457. The standard InChI is InChI=1S/C17H22O/c1-10-11(2)16-8-15(10)9-17(16)14-6-4-13(5-7-14)12(3)18/h4-7,10-11,15-17H,8-9H2,1-3H3/t10?,11?,15-,16+,17+/m1/s1. The van der Waals surface area contributed by atoms with Gasteiger partial charge in [-0.1, -0.05) is 38.1 Å². The number of hydrogen-bond donors (Lipinski definition) is 0. The van der Waals surface area contributed by atoms with Crippen LogP contribution >= 0.6 is 0 Å². The summed E-state index contributed by atoms with van der Waals surface area (Å²) in [5.74, 6) is 4.47. The first-order valence-corrected chi connectivity index (χ1v) is 7.19. The number of ketones is 1. The molecule has 1 heteroatoms. The van der Waals surface area contributed by atoms with Crippen LogP contribution in [0, 0.1) is 23.7 Å². The average molecular weight is 242 g/mol. The highest BCUT2D eigenvalue weighted by molar-refractivity contribution is 5.94. The molecule has 0 heterocycles. The van der Waals surface area contributed by atoms with Crippen LogP contribution in [0.25, 0.3) is 0 Å². The number of carbonyl (C=O) groups excluding carboxylic acids is 1. The second-order valence-corrected chi connectivity index (χ2v) is 6.40. The molecule has 1 nitrogen and oxygen atoms in total. The van der Waals surface area contributed by atoms with Crippen LogP contribution < -0.4 is 0 Å². The van der Waals surface area contributed by atoms with Gasteiger partial charge in [0.05, 0.1) is 0 Å². The van der Waals surface area contributed by atoms with Gasteiger partial charge in [0, 0.05) is 5.56 Å². The SMILES string of the molecule is CC(=O)c1ccc([C@@H]2C[C@H]3C[C@H]2C(C)C3C)cc1. The Labute approximate surface area is 110 Å². The molecule has 0 N–H and O–H groups in total. The summed E-state index contributed by atoms with van der Waals surface area (Å²) in [4.78, 5) is 11.3. The van der Waals surface area contributed by atoms with Gasteiger partial charge < -0.3 is 0 Å². The van der Waals surface area contributed by atoms with Crippen LogP contribution in [0.15, 0.2) is 24.3 Å². The van der Waals surface area contributed by atoms with Gasteiger partial charge in [-0.25, -0.2) is 0 Å². The molecular weight excluding hydrogens is 220 g/mol. The molecule has 3 rings (SSSR count). The highest BCUT2D eigenvalue weighted by Crippen LogP contribution is 2.58. The van der Waals surface area contributed by atoms with Gasteiger partial charge in [0.25, 0.3) is 0 Å². The van der Waals surface area contributed by atoms with Crippen molar-refractivity contribution in [2.75, 3.05) is 0 Å². The van der Waals surface area contributed by atoms with Gasteiger partial charge in [-0.3, -0.25) is 4.79 Å². The summed E-state index contributed by atoms with van der Waals surface area (Å²) < 4.78 is 0. The first-order valence-electron chi connectivity index (χ1n) is 7.19. The summed E-state index contributed by atoms with van der Waals surface area (Å²) in [6.45, 7) is 6.48. The van der Waals surface area contributed by atoms with Crippen LogP contribution in [0.2, 0.25) is 0 Å². The van der Waals surface area contributed by atoms with E-state index in [1.54, 1.807) is 6.92 Å². The van der Waals surface area contributed by atoms with Crippen LogP contribution in [0.3, 0.4) is 0 Å². The number of Topliss-reactive ketones (excluding diaryl/α,β-unsaturated/α-hetero) is 1. The van der Waals surface area contributed by atoms with Crippen molar-refractivity contribution >= 4 is 5.78 Å². The minimum absolute atomic E-state index is 0.163. The molecule has 0 aliphatic heterocycles. The van der Waals surface area contributed by atoms with E-state index in [0.717, 1.165) is 35.2 Å². The molecule has 1 aromatic rings. The van der Waals surface area contributed by atoms with E-state index in [9.17, 15) is 4.79 Å². The molecule has 0 aromatic heterocycles. The number of rotatable bonds is 2. The maximum atomic E-state index is 11.3. The van der Waals surface area contributed by atoms with E-state index in [-0.39, 0.29) is 5.78 Å². The third-order valence-corrected chi connectivity index (χ3v) is 5.64. The van der Waals surface area contributed by atoms with Crippen molar-refractivity contribution in [1.29, 1.82) is 0 Å². The monoisotopic (exact) mass is 242 g/mol. The van der Waals surface area contributed by atoms with Crippen molar-refractivity contribution in [2.24, 2.45) is 23.7 Å². The lowest BCUT2D eigenvalue weighted by Gasteiger charge is -2.32. The van der Waals surface area contributed by atoms with Crippen molar-refractivity contribution in [2.45, 2.75) is 39.5 Å². The molecule has 2 bridgehead atoms. The Kier molecular flexibility index (Phi) is 2.80. The van der Waals surface area contributed by atoms with Gasteiger partial charge in [-0.2, -0.15) is 0 Å². The van der Waals surface area contributed by atoms with Gasteiger partial charge in [0.2, 0.25) is 0 Å². The molecule has 2 aliphatic rings. The lowest BCUT2D eigenvalue weighted by atomic mass is 9.73. The van der Waals surface area contributed by atoms with Gasteiger partial charge >= 0.3 is 0 Å². The third kappa shape index (κ3) is 1.72. The number of hydrogen-bond acceptors (Lipinski definition) is 1. The molecule has 2 fully saturated rings. The molecule has 0 saturated heterocycles. The van der Waals surface area contributed by atoms with Crippen LogP contribution in [-0.4, -0.2) is 5.78 Å². The first kappa shape index (κ1) is 12.0. The molecule has 0 radical (unpaired) electrons. The molecule has 96 valence electrons. The minimum Gasteiger partial charge on any atom is -0.295 e. The zero-order valence-corrected chi connectivity index (χ0v) is 11.5. The number of carbonyl (C=O) groups is 1. The van der Waals surface area contributed by atoms with Gasteiger partial charge in [0.15, 0.2) is 5.78 Å². The molecule has 0 amide bonds. The van der Waals surface area contributed by atoms with E-state index < -0.39 is 0 Å². The van der Waals surface area contributed by atoms with E-state index in [1.807, 2.05) is 12.1 Å². The zero-order chi connectivity index (χ0) is 12.9. The second kappa shape index (κ2) is 4.22. The first-order chi connectivity index (χ1) is 8.58. The minimum atomic E-state index is 0.163. The molecular formula is C17H22O. The molecule has 0 spiro atoms. The normalized spacial score (nSPS) is 38.1. The Morgan fingerprint density at radius 1 is 1.06 bits per heavy atom. The van der Waals surface area contributed by atoms with Crippen molar-refractivity contribution in [3.8, 4) is 0 Å². The van der Waals surface area contributed by atoms with E-state index in [0.29, 0.717) is 0 Å². The summed E-state index contributed by atoms with van der Waals surface area (Å²) in [6, 6.07) is 8.36. The predicted molar refractivity (Wildman–Crippen MR) is 73.7 cm³/mol. The Morgan fingerprint density at radius 3 is 2.22 bits per heavy atom. The van der Waals surface area contributed by atoms with E-state index in [1.165, 1.54) is 18.4 Å². The quantitative estimate of drug-likeness (QED) is 0.707. The van der Waals surface area contributed by atoms with Crippen LogP contribution in [-0.2, 0) is 0 Å². The zero-order valence-electron chi connectivity index (χ0n) is 11.5. The Balaban J connectivity index is 1.83. The predicted octanol–water partition coefficient (Wildman–Crippen LogP) is 4.28. The van der Waals surface area contributed by atoms with E-state index in [2.05, 4.69) is 26.0 Å². The maximum Gasteiger partial charge on any atom is 0.159 e. The van der Waals surface area contributed by atoms with Crippen molar-refractivity contribution in [3.05, 3.63) is 35.4 Å². The largest absolute Gasteiger partial charge is 0.295 e. The van der Waals surface area contributed by atoms with Crippen molar-refractivity contribution in [3.63, 3.8) is 0 Å². The van der Waals surface area contributed by atoms with Crippen LogP contribution in [0.4, 0.5) is 0 Å². The maximum absolute atomic E-state index is 11.3. The smallest absolute Gasteiger partial charge is 0.159 e. The second-order valence-electron chi connectivity index (χ2n) is 6.40. The molecule has 2 aliphatic carbocycles. The van der Waals surface area contributed by atoms with Gasteiger partial charge in [0.1, 0.15) is 0 Å². The van der Waals surface area contributed by atoms with Gasteiger partial charge in [-0.15, -0.1) is 0 Å². The molecule has 2 saturated carbocycles. The van der Waals surface area contributed by atoms with Crippen LogP contribution in [0.1, 0.15) is 55.5 Å². The fourth-order valence-corrected chi connectivity index (χ4v) is 4.29. The Morgan fingerprint density at radius 2 is 1.72 bits per heavy atom. The third-order valence-electron chi connectivity index (χ3n) is 5.64. The molecule has 2 unspecified atom stereocenters. The highest BCUT2D eigenvalue weighted by atomic mass is 16.1. The van der Waals surface area contributed by atoms with Crippen LogP contribution in [0.5, 0.6) is 0 Å². The lowest BCUT2D eigenvalue weighted by Crippen LogP contribution is -2.23. The highest BCUT2D eigenvalue weighted by Gasteiger charge is 2.48. The molecule has 5 atom stereocenters.